The Morgan fingerprint density at radius 3 is 1.14 bits per heavy atom. The van der Waals surface area contributed by atoms with Crippen LogP contribution < -0.4 is 0 Å². The summed E-state index contributed by atoms with van der Waals surface area (Å²) in [6.45, 7) is 8.02. The maximum absolute atomic E-state index is 10.3. The van der Waals surface area contributed by atoms with Crippen LogP contribution in [0, 0.1) is 0 Å². The summed E-state index contributed by atoms with van der Waals surface area (Å²) in [5.41, 5.74) is 0. The molecule has 0 bridgehead atoms. The molecule has 0 heterocycles. The van der Waals surface area contributed by atoms with Gasteiger partial charge in [-0.15, -0.1) is 0 Å². The molecule has 0 aliphatic carbocycles. The van der Waals surface area contributed by atoms with Crippen molar-refractivity contribution in [2.75, 3.05) is 19.8 Å². The lowest BCUT2D eigenvalue weighted by atomic mass is 10.0. The van der Waals surface area contributed by atoms with Gasteiger partial charge in [-0.05, 0) is 20.3 Å². The Labute approximate surface area is 175 Å². The van der Waals surface area contributed by atoms with Gasteiger partial charge in [-0.1, -0.05) is 103 Å². The third-order valence-electron chi connectivity index (χ3n) is 4.64. The first-order chi connectivity index (χ1) is 13.5. The van der Waals surface area contributed by atoms with Gasteiger partial charge in [-0.25, -0.2) is 4.18 Å². The summed E-state index contributed by atoms with van der Waals surface area (Å²) in [6, 6.07) is 0. The van der Waals surface area contributed by atoms with Gasteiger partial charge in [-0.3, -0.25) is 4.55 Å². The molecule has 1 N–H and O–H groups in total. The number of hydrogen-bond donors (Lipinski definition) is 1. The highest BCUT2D eigenvalue weighted by Crippen LogP contribution is 2.13. The van der Waals surface area contributed by atoms with Crippen molar-refractivity contribution in [3.05, 3.63) is 0 Å². The Balaban J connectivity index is 0. The molecule has 0 aromatic carbocycles. The van der Waals surface area contributed by atoms with Crippen LogP contribution in [-0.4, -0.2) is 32.8 Å². The molecule has 0 saturated heterocycles. The molecule has 0 aromatic rings. The quantitative estimate of drug-likeness (QED) is 0.166. The monoisotopic (exact) mass is 424 g/mol. The van der Waals surface area contributed by atoms with Gasteiger partial charge in [0.05, 0.1) is 6.61 Å². The van der Waals surface area contributed by atoms with E-state index in [9.17, 15) is 8.42 Å². The lowest BCUT2D eigenvalue weighted by molar-refractivity contribution is 0.162. The molecule has 172 valence electrons. The molecule has 0 aliphatic rings. The van der Waals surface area contributed by atoms with Gasteiger partial charge in [0.2, 0.25) is 0 Å². The molecule has 0 saturated carbocycles. The second kappa shape index (κ2) is 24.9. The molecule has 6 heteroatoms. The van der Waals surface area contributed by atoms with E-state index in [0.29, 0.717) is 6.42 Å². The topological polar surface area (TPSA) is 72.8 Å². The van der Waals surface area contributed by atoms with E-state index >= 15 is 0 Å². The summed E-state index contributed by atoms with van der Waals surface area (Å²) in [7, 11) is -4.24. The lowest BCUT2D eigenvalue weighted by Crippen LogP contribution is -2.04. The minimum absolute atomic E-state index is 0.0945. The lowest BCUT2D eigenvalue weighted by Gasteiger charge is -2.03. The number of ether oxygens (including phenoxy) is 1. The number of unbranched alkanes of at least 4 members (excludes halogenated alkanes) is 15. The van der Waals surface area contributed by atoms with Gasteiger partial charge in [0.25, 0.3) is 0 Å². The minimum atomic E-state index is -4.24. The van der Waals surface area contributed by atoms with Crippen LogP contribution in [0.5, 0.6) is 0 Å². The first-order valence-electron chi connectivity index (χ1n) is 11.7. The molecule has 0 aromatic heterocycles. The summed E-state index contributed by atoms with van der Waals surface area (Å²) >= 11 is 0. The number of rotatable bonds is 20. The summed E-state index contributed by atoms with van der Waals surface area (Å²) in [6.07, 6.45) is 20.5. The van der Waals surface area contributed by atoms with Gasteiger partial charge in [0.15, 0.2) is 0 Å². The fourth-order valence-electron chi connectivity index (χ4n) is 3.02. The average Bonchev–Trinajstić information content (AvgIpc) is 2.64. The van der Waals surface area contributed by atoms with E-state index in [2.05, 4.69) is 11.1 Å². The van der Waals surface area contributed by atoms with Crippen LogP contribution in [0.1, 0.15) is 124 Å². The molecule has 28 heavy (non-hydrogen) atoms. The predicted molar refractivity (Wildman–Crippen MR) is 119 cm³/mol. The fourth-order valence-corrected chi connectivity index (χ4v) is 3.35. The third kappa shape index (κ3) is 33.4. The highest BCUT2D eigenvalue weighted by Gasteiger charge is 2.02. The molecule has 0 amide bonds. The Kier molecular flexibility index (Phi) is 26.7. The van der Waals surface area contributed by atoms with E-state index in [4.69, 9.17) is 9.29 Å². The van der Waals surface area contributed by atoms with Crippen molar-refractivity contribution >= 4 is 10.4 Å². The van der Waals surface area contributed by atoms with Crippen molar-refractivity contribution in [2.24, 2.45) is 0 Å². The van der Waals surface area contributed by atoms with Gasteiger partial charge >= 0.3 is 10.4 Å². The van der Waals surface area contributed by atoms with Gasteiger partial charge in [0.1, 0.15) is 0 Å². The van der Waals surface area contributed by atoms with Crippen molar-refractivity contribution < 1.29 is 21.9 Å². The van der Waals surface area contributed by atoms with Crippen LogP contribution in [-0.2, 0) is 19.3 Å². The maximum atomic E-state index is 10.3. The van der Waals surface area contributed by atoms with Crippen LogP contribution >= 0.6 is 0 Å². The van der Waals surface area contributed by atoms with Crippen LogP contribution in [0.4, 0.5) is 0 Å². The standard InChI is InChI=1S/C18H38O4S.C4H10O/c1-2-3-4-5-6-7-8-9-10-11-12-13-14-15-16-17-18-22-23(19,20)21;1-3-5-4-2/h2-18H2,1H3,(H,19,20,21);3-4H2,1-2H3. The molecule has 0 spiro atoms. The second-order valence-corrected chi connectivity index (χ2v) is 8.43. The molecule has 0 fully saturated rings. The highest BCUT2D eigenvalue weighted by molar-refractivity contribution is 7.80. The molecule has 0 rings (SSSR count). The minimum Gasteiger partial charge on any atom is -0.382 e. The summed E-state index contributed by atoms with van der Waals surface area (Å²) < 4.78 is 38.2. The SMILES string of the molecule is CCCCCCCCCCCCCCCCCCOS(=O)(=O)O.CCOCC. The van der Waals surface area contributed by atoms with Crippen molar-refractivity contribution in [1.29, 1.82) is 0 Å². The zero-order valence-corrected chi connectivity index (χ0v) is 19.7. The molecule has 0 aliphatic heterocycles. The zero-order valence-electron chi connectivity index (χ0n) is 18.9. The summed E-state index contributed by atoms with van der Waals surface area (Å²) in [5.74, 6) is 0. The molecule has 5 nitrogen and oxygen atoms in total. The average molecular weight is 425 g/mol. The van der Waals surface area contributed by atoms with Crippen LogP contribution in [0.25, 0.3) is 0 Å². The summed E-state index contributed by atoms with van der Waals surface area (Å²) in [4.78, 5) is 0. The molecule has 0 radical (unpaired) electrons. The van der Waals surface area contributed by atoms with Crippen molar-refractivity contribution in [2.45, 2.75) is 124 Å². The van der Waals surface area contributed by atoms with E-state index < -0.39 is 10.4 Å². The van der Waals surface area contributed by atoms with Crippen molar-refractivity contribution in [3.8, 4) is 0 Å². The van der Waals surface area contributed by atoms with Crippen molar-refractivity contribution in [1.82, 2.24) is 0 Å². The molecule has 0 unspecified atom stereocenters. The van der Waals surface area contributed by atoms with Crippen LogP contribution in [0.3, 0.4) is 0 Å². The second-order valence-electron chi connectivity index (χ2n) is 7.33. The Bertz CT molecular complexity index is 369. The summed E-state index contributed by atoms with van der Waals surface area (Å²) in [5, 5.41) is 0. The first kappa shape index (κ1) is 30.0. The first-order valence-corrected chi connectivity index (χ1v) is 13.0. The zero-order chi connectivity index (χ0) is 21.3. The fraction of sp³-hybridized carbons (Fsp3) is 1.00. The van der Waals surface area contributed by atoms with Gasteiger partial charge < -0.3 is 4.74 Å². The van der Waals surface area contributed by atoms with E-state index in [1.807, 2.05) is 13.8 Å². The maximum Gasteiger partial charge on any atom is 0.397 e. The normalized spacial score (nSPS) is 11.3. The van der Waals surface area contributed by atoms with Gasteiger partial charge in [0, 0.05) is 13.2 Å². The van der Waals surface area contributed by atoms with E-state index in [1.54, 1.807) is 0 Å². The molecular weight excluding hydrogens is 376 g/mol. The largest absolute Gasteiger partial charge is 0.397 e. The Morgan fingerprint density at radius 1 is 0.571 bits per heavy atom. The van der Waals surface area contributed by atoms with E-state index in [1.165, 1.54) is 83.5 Å². The van der Waals surface area contributed by atoms with E-state index in [0.717, 1.165) is 26.1 Å². The number of hydrogen-bond acceptors (Lipinski definition) is 4. The van der Waals surface area contributed by atoms with Gasteiger partial charge in [-0.2, -0.15) is 8.42 Å². The van der Waals surface area contributed by atoms with Crippen LogP contribution in [0.15, 0.2) is 0 Å². The highest BCUT2D eigenvalue weighted by atomic mass is 32.3. The molecule has 0 atom stereocenters. The Hall–Kier alpha value is -0.170. The predicted octanol–water partition coefficient (Wildman–Crippen LogP) is 7.11. The smallest absolute Gasteiger partial charge is 0.382 e. The third-order valence-corrected chi connectivity index (χ3v) is 5.10. The van der Waals surface area contributed by atoms with E-state index in [-0.39, 0.29) is 6.61 Å². The van der Waals surface area contributed by atoms with Crippen LogP contribution in [0.2, 0.25) is 0 Å². The van der Waals surface area contributed by atoms with Crippen molar-refractivity contribution in [3.63, 3.8) is 0 Å². The Morgan fingerprint density at radius 2 is 0.893 bits per heavy atom. The molecular formula is C22H48O5S.